The molecule has 3 rings (SSSR count). The van der Waals surface area contributed by atoms with Gasteiger partial charge in [-0.15, -0.1) is 0 Å². The molecule has 2 aliphatic rings. The van der Waals surface area contributed by atoms with E-state index in [2.05, 4.69) is 9.64 Å². The normalized spacial score (nSPS) is 22.9. The molecule has 2 fully saturated rings. The summed E-state index contributed by atoms with van der Waals surface area (Å²) >= 11 is 1.84. The lowest BCUT2D eigenvalue weighted by Gasteiger charge is -2.31. The highest BCUT2D eigenvalue weighted by Gasteiger charge is 2.34. The summed E-state index contributed by atoms with van der Waals surface area (Å²) in [7, 11) is -2.27. The molecule has 0 unspecified atom stereocenters. The molecular formula is C18H26N2O4S2. The number of carbonyl (C=O) groups excluding carboxylic acids is 1. The summed E-state index contributed by atoms with van der Waals surface area (Å²) in [5.74, 6) is 1.35. The van der Waals surface area contributed by atoms with Gasteiger partial charge in [-0.2, -0.15) is 16.1 Å². The van der Waals surface area contributed by atoms with Crippen LogP contribution < -0.4 is 0 Å². The number of benzene rings is 1. The Hall–Kier alpha value is -1.09. The molecule has 0 amide bonds. The molecule has 0 aromatic heterocycles. The van der Waals surface area contributed by atoms with Crippen LogP contribution in [0.5, 0.6) is 0 Å². The number of rotatable bonds is 5. The third kappa shape index (κ3) is 4.42. The van der Waals surface area contributed by atoms with Crippen molar-refractivity contribution < 1.29 is 17.9 Å². The highest BCUT2D eigenvalue weighted by Crippen LogP contribution is 2.26. The minimum atomic E-state index is -3.58. The van der Waals surface area contributed by atoms with Crippen molar-refractivity contribution in [3.63, 3.8) is 0 Å². The number of methoxy groups -OCH3 is 1. The van der Waals surface area contributed by atoms with Crippen LogP contribution in [-0.4, -0.2) is 74.4 Å². The molecule has 1 aromatic carbocycles. The molecule has 0 aliphatic carbocycles. The van der Waals surface area contributed by atoms with E-state index in [1.165, 1.54) is 44.2 Å². The number of sulfonamides is 1. The van der Waals surface area contributed by atoms with Crippen LogP contribution >= 0.6 is 11.8 Å². The summed E-state index contributed by atoms with van der Waals surface area (Å²) in [5.41, 5.74) is 0.353. The number of thioether (sulfide) groups is 1. The van der Waals surface area contributed by atoms with Crippen molar-refractivity contribution in [2.45, 2.75) is 30.2 Å². The summed E-state index contributed by atoms with van der Waals surface area (Å²) < 4.78 is 32.9. The Morgan fingerprint density at radius 2 is 1.85 bits per heavy atom. The Balaban J connectivity index is 1.82. The molecule has 0 N–H and O–H groups in total. The maximum Gasteiger partial charge on any atom is 0.337 e. The second-order valence-electron chi connectivity index (χ2n) is 6.72. The van der Waals surface area contributed by atoms with E-state index in [4.69, 9.17) is 0 Å². The van der Waals surface area contributed by atoms with Crippen molar-refractivity contribution in [2.24, 2.45) is 0 Å². The van der Waals surface area contributed by atoms with E-state index < -0.39 is 16.0 Å². The summed E-state index contributed by atoms with van der Waals surface area (Å²) in [6.45, 7) is 3.46. The first-order chi connectivity index (χ1) is 12.5. The summed E-state index contributed by atoms with van der Waals surface area (Å²) in [6, 6.07) is 6.03. The van der Waals surface area contributed by atoms with Crippen LogP contribution in [0.1, 0.15) is 29.6 Å². The fraction of sp³-hybridized carbons (Fsp3) is 0.611. The molecule has 26 heavy (non-hydrogen) atoms. The van der Waals surface area contributed by atoms with Crippen LogP contribution in [0.25, 0.3) is 0 Å². The largest absolute Gasteiger partial charge is 0.465 e. The fourth-order valence-corrected chi connectivity index (χ4v) is 6.35. The van der Waals surface area contributed by atoms with E-state index in [1.807, 2.05) is 11.8 Å². The first kappa shape index (κ1) is 19.7. The summed E-state index contributed by atoms with van der Waals surface area (Å²) in [4.78, 5) is 14.2. The number of carbonyl (C=O) groups is 1. The Morgan fingerprint density at radius 1 is 1.15 bits per heavy atom. The van der Waals surface area contributed by atoms with E-state index in [1.54, 1.807) is 4.31 Å². The van der Waals surface area contributed by atoms with E-state index in [-0.39, 0.29) is 10.9 Å². The van der Waals surface area contributed by atoms with E-state index >= 15 is 0 Å². The average Bonchev–Trinajstić information content (AvgIpc) is 3.05. The minimum Gasteiger partial charge on any atom is -0.465 e. The zero-order valence-electron chi connectivity index (χ0n) is 15.1. The molecular weight excluding hydrogens is 372 g/mol. The number of likely N-dealkylation sites (tertiary alicyclic amines) is 1. The van der Waals surface area contributed by atoms with Crippen molar-refractivity contribution in [3.8, 4) is 0 Å². The van der Waals surface area contributed by atoms with E-state index in [0.717, 1.165) is 37.6 Å². The third-order valence-corrected chi connectivity index (χ3v) is 8.10. The molecule has 2 heterocycles. The maximum absolute atomic E-state index is 13.3. The lowest BCUT2D eigenvalue weighted by Crippen LogP contribution is -2.47. The van der Waals surface area contributed by atoms with E-state index in [0.29, 0.717) is 12.1 Å². The number of nitrogens with zero attached hydrogens (tertiary/aromatic N) is 2. The van der Waals surface area contributed by atoms with Gasteiger partial charge in [-0.1, -0.05) is 0 Å². The SMILES string of the molecule is COC(=O)c1ccc(S(=O)(=O)N2CCCSC[C@H]2CN2CCCC2)cc1. The van der Waals surface area contributed by atoms with Crippen molar-refractivity contribution in [1.82, 2.24) is 9.21 Å². The molecule has 0 spiro atoms. The highest BCUT2D eigenvalue weighted by molar-refractivity contribution is 7.99. The zero-order valence-corrected chi connectivity index (χ0v) is 16.7. The van der Waals surface area contributed by atoms with Gasteiger partial charge in [0.25, 0.3) is 0 Å². The lowest BCUT2D eigenvalue weighted by atomic mass is 10.2. The predicted molar refractivity (Wildman–Crippen MR) is 103 cm³/mol. The molecule has 0 saturated carbocycles. The van der Waals surface area contributed by atoms with Crippen LogP contribution in [0, 0.1) is 0 Å². The summed E-state index contributed by atoms with van der Waals surface area (Å²) in [6.07, 6.45) is 3.25. The van der Waals surface area contributed by atoms with Gasteiger partial charge >= 0.3 is 5.97 Å². The van der Waals surface area contributed by atoms with Gasteiger partial charge in [0.15, 0.2) is 0 Å². The molecule has 1 aromatic rings. The maximum atomic E-state index is 13.3. The molecule has 144 valence electrons. The minimum absolute atomic E-state index is 0.00844. The van der Waals surface area contributed by atoms with Crippen LogP contribution in [0.3, 0.4) is 0 Å². The standard InChI is InChI=1S/C18H26N2O4S2/c1-24-18(21)15-5-7-17(8-6-15)26(22,23)20-11-4-12-25-14-16(20)13-19-9-2-3-10-19/h5-8,16H,2-4,9-14H2,1H3/t16-/m1/s1. The Kier molecular flexibility index (Phi) is 6.60. The Bertz CT molecular complexity index is 715. The molecule has 0 radical (unpaired) electrons. The smallest absolute Gasteiger partial charge is 0.337 e. The van der Waals surface area contributed by atoms with Gasteiger partial charge in [-0.3, -0.25) is 0 Å². The third-order valence-electron chi connectivity index (χ3n) is 4.93. The van der Waals surface area contributed by atoms with Crippen molar-refractivity contribution >= 4 is 27.8 Å². The van der Waals surface area contributed by atoms with Crippen LogP contribution in [-0.2, 0) is 14.8 Å². The molecule has 1 atom stereocenters. The first-order valence-electron chi connectivity index (χ1n) is 9.02. The topological polar surface area (TPSA) is 66.9 Å². The van der Waals surface area contributed by atoms with Crippen molar-refractivity contribution in [1.29, 1.82) is 0 Å². The van der Waals surface area contributed by atoms with Gasteiger partial charge in [-0.25, -0.2) is 13.2 Å². The van der Waals surface area contributed by atoms with Crippen LogP contribution in [0.4, 0.5) is 0 Å². The van der Waals surface area contributed by atoms with Gasteiger partial charge in [-0.05, 0) is 62.4 Å². The second kappa shape index (κ2) is 8.73. The van der Waals surface area contributed by atoms with Crippen LogP contribution in [0.15, 0.2) is 29.2 Å². The number of ether oxygens (including phenoxy) is 1. The quantitative estimate of drug-likeness (QED) is 0.708. The number of esters is 1. The molecule has 6 nitrogen and oxygen atoms in total. The molecule has 8 heteroatoms. The predicted octanol–water partition coefficient (Wildman–Crippen LogP) is 2.07. The van der Waals surface area contributed by atoms with Gasteiger partial charge in [0.05, 0.1) is 17.6 Å². The molecule has 0 bridgehead atoms. The molecule has 2 aliphatic heterocycles. The Morgan fingerprint density at radius 3 is 2.50 bits per heavy atom. The zero-order chi connectivity index (χ0) is 18.6. The highest BCUT2D eigenvalue weighted by atomic mass is 32.2. The number of hydrogen-bond acceptors (Lipinski definition) is 6. The van der Waals surface area contributed by atoms with Gasteiger partial charge < -0.3 is 9.64 Å². The van der Waals surface area contributed by atoms with Crippen molar-refractivity contribution in [2.75, 3.05) is 44.8 Å². The first-order valence-corrected chi connectivity index (χ1v) is 11.6. The van der Waals surface area contributed by atoms with Crippen molar-refractivity contribution in [3.05, 3.63) is 29.8 Å². The number of hydrogen-bond donors (Lipinski definition) is 0. The monoisotopic (exact) mass is 398 g/mol. The Labute approximate surface area is 159 Å². The average molecular weight is 399 g/mol. The second-order valence-corrected chi connectivity index (χ2v) is 9.76. The fourth-order valence-electron chi connectivity index (χ4n) is 3.55. The lowest BCUT2D eigenvalue weighted by molar-refractivity contribution is 0.0600. The summed E-state index contributed by atoms with van der Waals surface area (Å²) in [5, 5.41) is 0. The van der Waals surface area contributed by atoms with Gasteiger partial charge in [0.2, 0.25) is 10.0 Å². The van der Waals surface area contributed by atoms with Gasteiger partial charge in [0.1, 0.15) is 0 Å². The van der Waals surface area contributed by atoms with Crippen LogP contribution in [0.2, 0.25) is 0 Å². The molecule has 2 saturated heterocycles. The van der Waals surface area contributed by atoms with Gasteiger partial charge in [0, 0.05) is 24.9 Å². The van der Waals surface area contributed by atoms with E-state index in [9.17, 15) is 13.2 Å².